The van der Waals surface area contributed by atoms with Gasteiger partial charge in [-0.1, -0.05) is 53.0 Å². The van der Waals surface area contributed by atoms with Crippen molar-refractivity contribution in [3.8, 4) is 5.75 Å². The predicted octanol–water partition coefficient (Wildman–Crippen LogP) is 4.55. The third-order valence-corrected chi connectivity index (χ3v) is 5.11. The summed E-state index contributed by atoms with van der Waals surface area (Å²) in [5.74, 6) is -0.752. The fraction of sp³-hybridized carbons (Fsp3) is 0.263. The van der Waals surface area contributed by atoms with Crippen LogP contribution in [0.5, 0.6) is 5.75 Å². The molecule has 0 spiro atoms. The molecule has 2 aromatic carbocycles. The summed E-state index contributed by atoms with van der Waals surface area (Å²) in [6, 6.07) is 10.5. The Bertz CT molecular complexity index is 872. The van der Waals surface area contributed by atoms with Gasteiger partial charge in [0.2, 0.25) is 0 Å². The number of anilines is 1. The monoisotopic (exact) mass is 427 g/mol. The molecule has 3 rings (SSSR count). The average molecular weight is 429 g/mol. The van der Waals surface area contributed by atoms with E-state index in [4.69, 9.17) is 44.3 Å². The van der Waals surface area contributed by atoms with Crippen molar-refractivity contribution in [3.05, 3.63) is 57.0 Å². The number of para-hydroxylation sites is 1. The van der Waals surface area contributed by atoms with Gasteiger partial charge in [-0.3, -0.25) is 4.79 Å². The van der Waals surface area contributed by atoms with Crippen LogP contribution < -0.4 is 9.64 Å². The summed E-state index contributed by atoms with van der Waals surface area (Å²) in [4.78, 5) is 26.0. The summed E-state index contributed by atoms with van der Waals surface area (Å²) >= 11 is 17.7. The van der Waals surface area contributed by atoms with Crippen LogP contribution in [0.2, 0.25) is 15.1 Å². The van der Waals surface area contributed by atoms with Gasteiger partial charge in [0, 0.05) is 18.3 Å². The van der Waals surface area contributed by atoms with E-state index >= 15 is 0 Å². The molecule has 5 nitrogen and oxygen atoms in total. The molecule has 1 amide bonds. The molecule has 2 aromatic rings. The lowest BCUT2D eigenvalue weighted by Crippen LogP contribution is -2.38. The smallest absolute Gasteiger partial charge is 0.344 e. The number of esters is 1. The normalized spacial score (nSPS) is 13.1. The molecule has 1 aliphatic rings. The third kappa shape index (κ3) is 4.86. The Kier molecular flexibility index (Phi) is 6.47. The lowest BCUT2D eigenvalue weighted by molar-refractivity contribution is -0.149. The van der Waals surface area contributed by atoms with E-state index < -0.39 is 12.6 Å². The van der Waals surface area contributed by atoms with Crippen LogP contribution in [0.1, 0.15) is 12.0 Å². The zero-order chi connectivity index (χ0) is 19.4. The Balaban J connectivity index is 1.53. The number of rotatable bonds is 5. The summed E-state index contributed by atoms with van der Waals surface area (Å²) in [6.45, 7) is -0.157. The molecule has 0 fully saturated rings. The SMILES string of the molecule is O=C(COc1cc(Cl)c(Cl)cc1Cl)OCC(=O)N1CCCc2ccccc21. The molecule has 1 heterocycles. The topological polar surface area (TPSA) is 55.8 Å². The minimum absolute atomic E-state index is 0.208. The van der Waals surface area contributed by atoms with E-state index in [2.05, 4.69) is 0 Å². The number of halogens is 3. The molecule has 0 radical (unpaired) electrons. The van der Waals surface area contributed by atoms with Gasteiger partial charge in [0.25, 0.3) is 5.91 Å². The summed E-state index contributed by atoms with van der Waals surface area (Å²) in [6.07, 6.45) is 1.80. The lowest BCUT2D eigenvalue weighted by Gasteiger charge is -2.29. The molecule has 1 aliphatic heterocycles. The second-order valence-electron chi connectivity index (χ2n) is 5.92. The first-order valence-electron chi connectivity index (χ1n) is 8.27. The quantitative estimate of drug-likeness (QED) is 0.518. The molecular formula is C19H16Cl3NO4. The second-order valence-corrected chi connectivity index (χ2v) is 7.15. The van der Waals surface area contributed by atoms with E-state index in [-0.39, 0.29) is 33.3 Å². The number of nitrogens with zero attached hydrogens (tertiary/aromatic N) is 1. The van der Waals surface area contributed by atoms with Gasteiger partial charge < -0.3 is 14.4 Å². The van der Waals surface area contributed by atoms with Crippen LogP contribution in [0.3, 0.4) is 0 Å². The Morgan fingerprint density at radius 1 is 1.00 bits per heavy atom. The van der Waals surface area contributed by atoms with Crippen LogP contribution >= 0.6 is 34.8 Å². The fourth-order valence-corrected chi connectivity index (χ4v) is 3.40. The highest BCUT2D eigenvalue weighted by Crippen LogP contribution is 2.33. The predicted molar refractivity (Wildman–Crippen MR) is 105 cm³/mol. The van der Waals surface area contributed by atoms with Gasteiger partial charge in [-0.15, -0.1) is 0 Å². The largest absolute Gasteiger partial charge is 0.480 e. The van der Waals surface area contributed by atoms with Crippen molar-refractivity contribution < 1.29 is 19.1 Å². The van der Waals surface area contributed by atoms with Crippen molar-refractivity contribution in [2.24, 2.45) is 0 Å². The number of benzene rings is 2. The van der Waals surface area contributed by atoms with Crippen LogP contribution in [0, 0.1) is 0 Å². The molecule has 0 aliphatic carbocycles. The van der Waals surface area contributed by atoms with Gasteiger partial charge in [-0.2, -0.15) is 0 Å². The van der Waals surface area contributed by atoms with Gasteiger partial charge in [-0.05, 0) is 30.5 Å². The molecule has 8 heteroatoms. The minimum Gasteiger partial charge on any atom is -0.480 e. The number of hydrogen-bond donors (Lipinski definition) is 0. The average Bonchev–Trinajstić information content (AvgIpc) is 2.67. The number of carbonyl (C=O) groups is 2. The van der Waals surface area contributed by atoms with Crippen LogP contribution in [-0.4, -0.2) is 31.6 Å². The van der Waals surface area contributed by atoms with Crippen molar-refractivity contribution >= 4 is 52.4 Å². The highest BCUT2D eigenvalue weighted by Gasteiger charge is 2.23. The van der Waals surface area contributed by atoms with Crippen LogP contribution in [0.25, 0.3) is 0 Å². The molecule has 0 saturated carbocycles. The van der Waals surface area contributed by atoms with Crippen LogP contribution in [0.4, 0.5) is 5.69 Å². The molecular weight excluding hydrogens is 413 g/mol. The van der Waals surface area contributed by atoms with Crippen molar-refractivity contribution in [2.45, 2.75) is 12.8 Å². The Morgan fingerprint density at radius 2 is 1.74 bits per heavy atom. The van der Waals surface area contributed by atoms with E-state index in [1.54, 1.807) is 4.90 Å². The minimum atomic E-state index is -0.684. The fourth-order valence-electron chi connectivity index (χ4n) is 2.81. The van der Waals surface area contributed by atoms with Crippen molar-refractivity contribution in [1.29, 1.82) is 0 Å². The number of ether oxygens (including phenoxy) is 2. The maximum absolute atomic E-state index is 12.4. The molecule has 0 aromatic heterocycles. The van der Waals surface area contributed by atoms with E-state index in [9.17, 15) is 9.59 Å². The van der Waals surface area contributed by atoms with E-state index in [1.807, 2.05) is 24.3 Å². The number of hydrogen-bond acceptors (Lipinski definition) is 4. The summed E-state index contributed by atoms with van der Waals surface area (Å²) in [5.41, 5.74) is 1.98. The first kappa shape index (κ1) is 19.8. The van der Waals surface area contributed by atoms with E-state index in [0.717, 1.165) is 24.1 Å². The highest BCUT2D eigenvalue weighted by molar-refractivity contribution is 6.43. The van der Waals surface area contributed by atoms with Crippen molar-refractivity contribution in [1.82, 2.24) is 0 Å². The standard InChI is InChI=1S/C19H16Cl3NO4/c20-13-8-15(22)17(9-14(13)21)26-11-19(25)27-10-18(24)23-7-3-5-12-4-1-2-6-16(12)23/h1-2,4,6,8-9H,3,5,7,10-11H2. The maximum Gasteiger partial charge on any atom is 0.344 e. The molecule has 0 saturated heterocycles. The van der Waals surface area contributed by atoms with E-state index in [0.29, 0.717) is 6.54 Å². The van der Waals surface area contributed by atoms with Gasteiger partial charge in [-0.25, -0.2) is 4.79 Å². The molecule has 142 valence electrons. The summed E-state index contributed by atoms with van der Waals surface area (Å²) < 4.78 is 10.3. The highest BCUT2D eigenvalue weighted by atomic mass is 35.5. The molecule has 0 unspecified atom stereocenters. The van der Waals surface area contributed by atoms with E-state index in [1.165, 1.54) is 12.1 Å². The van der Waals surface area contributed by atoms with Gasteiger partial charge in [0.15, 0.2) is 13.2 Å². The van der Waals surface area contributed by atoms with Crippen LogP contribution in [0.15, 0.2) is 36.4 Å². The van der Waals surface area contributed by atoms with Crippen molar-refractivity contribution in [3.63, 3.8) is 0 Å². The first-order chi connectivity index (χ1) is 13.0. The number of fused-ring (bicyclic) bond motifs is 1. The third-order valence-electron chi connectivity index (χ3n) is 4.09. The molecule has 0 bridgehead atoms. The Labute approximate surface area is 171 Å². The summed E-state index contributed by atoms with van der Waals surface area (Å²) in [5, 5.41) is 0.755. The molecule has 0 N–H and O–H groups in total. The van der Waals surface area contributed by atoms with Gasteiger partial charge >= 0.3 is 5.97 Å². The van der Waals surface area contributed by atoms with Crippen molar-refractivity contribution in [2.75, 3.05) is 24.7 Å². The Morgan fingerprint density at radius 3 is 2.56 bits per heavy atom. The zero-order valence-corrected chi connectivity index (χ0v) is 16.5. The van der Waals surface area contributed by atoms with Gasteiger partial charge in [0.05, 0.1) is 15.1 Å². The molecule has 0 atom stereocenters. The Hall–Kier alpha value is -1.95. The lowest BCUT2D eigenvalue weighted by atomic mass is 10.0. The number of amides is 1. The van der Waals surface area contributed by atoms with Crippen LogP contribution in [-0.2, 0) is 20.7 Å². The molecule has 27 heavy (non-hydrogen) atoms. The zero-order valence-electron chi connectivity index (χ0n) is 14.2. The summed E-state index contributed by atoms with van der Waals surface area (Å²) in [7, 11) is 0. The first-order valence-corrected chi connectivity index (χ1v) is 9.40. The van der Waals surface area contributed by atoms with Gasteiger partial charge in [0.1, 0.15) is 5.75 Å². The maximum atomic E-state index is 12.4. The second kappa shape index (κ2) is 8.83. The number of aryl methyl sites for hydroxylation is 1. The number of carbonyl (C=O) groups excluding carboxylic acids is 2.